The summed E-state index contributed by atoms with van der Waals surface area (Å²) in [4.78, 5) is 12.2. The van der Waals surface area contributed by atoms with E-state index in [1.165, 1.54) is 0 Å². The lowest BCUT2D eigenvalue weighted by atomic mass is 9.93. The molecule has 0 heterocycles. The Kier molecular flexibility index (Phi) is 8.78. The minimum atomic E-state index is 0.184. The summed E-state index contributed by atoms with van der Waals surface area (Å²) in [6.07, 6.45) is 5.90. The number of hydrogen-bond acceptors (Lipinski definition) is 2. The predicted molar refractivity (Wildman–Crippen MR) is 79.5 cm³/mol. The molecular formula is C16H31NO. The Morgan fingerprint density at radius 1 is 0.944 bits per heavy atom. The van der Waals surface area contributed by atoms with Crippen molar-refractivity contribution in [2.75, 3.05) is 0 Å². The van der Waals surface area contributed by atoms with Crippen LogP contribution in [0.1, 0.15) is 67.2 Å². The van der Waals surface area contributed by atoms with Crippen molar-refractivity contribution >= 4 is 5.78 Å². The average molecular weight is 253 g/mol. The number of carbonyl (C=O) groups excluding carboxylic acids is 1. The monoisotopic (exact) mass is 253 g/mol. The van der Waals surface area contributed by atoms with Crippen molar-refractivity contribution in [1.82, 2.24) is 5.32 Å². The molecule has 18 heavy (non-hydrogen) atoms. The second kappa shape index (κ2) is 9.18. The zero-order valence-electron chi connectivity index (χ0n) is 13.0. The maximum Gasteiger partial charge on any atom is 0.160 e. The Morgan fingerprint density at radius 3 is 1.72 bits per heavy atom. The van der Waals surface area contributed by atoms with Crippen LogP contribution in [-0.2, 0) is 4.79 Å². The molecule has 0 aliphatic carbocycles. The molecule has 0 aliphatic rings. The topological polar surface area (TPSA) is 29.1 Å². The Hall–Kier alpha value is -0.790. The summed E-state index contributed by atoms with van der Waals surface area (Å²) in [5, 5.41) is 3.46. The van der Waals surface area contributed by atoms with Crippen molar-refractivity contribution < 1.29 is 4.79 Å². The first kappa shape index (κ1) is 17.2. The maximum atomic E-state index is 12.2. The smallest absolute Gasteiger partial charge is 0.160 e. The standard InChI is InChI=1S/C16H31NO/c1-7-13(8-2)15(17-12(5)6)11-16(18)14(9-3)10-4/h11-14,17H,7-10H2,1-6H3. The molecule has 0 bridgehead atoms. The molecular weight excluding hydrogens is 222 g/mol. The van der Waals surface area contributed by atoms with E-state index in [9.17, 15) is 4.79 Å². The summed E-state index contributed by atoms with van der Waals surface area (Å²) in [6, 6.07) is 0.381. The van der Waals surface area contributed by atoms with E-state index >= 15 is 0 Å². The minimum absolute atomic E-state index is 0.184. The van der Waals surface area contributed by atoms with Crippen molar-refractivity contribution in [3.8, 4) is 0 Å². The van der Waals surface area contributed by atoms with E-state index in [4.69, 9.17) is 0 Å². The van der Waals surface area contributed by atoms with Crippen LogP contribution in [0.2, 0.25) is 0 Å². The van der Waals surface area contributed by atoms with Gasteiger partial charge in [0.1, 0.15) is 0 Å². The second-order valence-electron chi connectivity index (χ2n) is 5.33. The summed E-state index contributed by atoms with van der Waals surface area (Å²) in [5.74, 6) is 0.948. The van der Waals surface area contributed by atoms with Crippen LogP contribution in [0.3, 0.4) is 0 Å². The number of nitrogens with one attached hydrogen (secondary N) is 1. The molecule has 0 aromatic rings. The molecule has 0 aromatic carbocycles. The van der Waals surface area contributed by atoms with E-state index in [1.807, 2.05) is 6.08 Å². The van der Waals surface area contributed by atoms with E-state index in [1.54, 1.807) is 0 Å². The van der Waals surface area contributed by atoms with Crippen LogP contribution in [0.25, 0.3) is 0 Å². The number of allylic oxidation sites excluding steroid dienone is 2. The highest BCUT2D eigenvalue weighted by atomic mass is 16.1. The van der Waals surface area contributed by atoms with Crippen molar-refractivity contribution in [3.05, 3.63) is 11.8 Å². The molecule has 0 aliphatic heterocycles. The van der Waals surface area contributed by atoms with Gasteiger partial charge in [-0.3, -0.25) is 4.79 Å². The first-order valence-corrected chi connectivity index (χ1v) is 7.51. The molecule has 2 heteroatoms. The fourth-order valence-electron chi connectivity index (χ4n) is 2.30. The van der Waals surface area contributed by atoms with E-state index in [2.05, 4.69) is 46.9 Å². The van der Waals surface area contributed by atoms with E-state index in [-0.39, 0.29) is 11.7 Å². The number of hydrogen-bond donors (Lipinski definition) is 1. The molecule has 2 nitrogen and oxygen atoms in total. The van der Waals surface area contributed by atoms with Gasteiger partial charge in [-0.15, -0.1) is 0 Å². The Labute approximate surface area is 113 Å². The van der Waals surface area contributed by atoms with Crippen LogP contribution >= 0.6 is 0 Å². The van der Waals surface area contributed by atoms with Crippen molar-refractivity contribution in [1.29, 1.82) is 0 Å². The summed E-state index contributed by atoms with van der Waals surface area (Å²) in [7, 11) is 0. The van der Waals surface area contributed by atoms with Crippen molar-refractivity contribution in [2.24, 2.45) is 11.8 Å². The van der Waals surface area contributed by atoms with Crippen LogP contribution in [0, 0.1) is 11.8 Å². The maximum absolute atomic E-state index is 12.2. The third kappa shape index (κ3) is 5.70. The van der Waals surface area contributed by atoms with Crippen molar-refractivity contribution in [2.45, 2.75) is 73.3 Å². The van der Waals surface area contributed by atoms with Crippen LogP contribution in [-0.4, -0.2) is 11.8 Å². The number of carbonyl (C=O) groups is 1. The highest BCUT2D eigenvalue weighted by Crippen LogP contribution is 2.19. The van der Waals surface area contributed by atoms with E-state index in [0.717, 1.165) is 31.4 Å². The predicted octanol–water partition coefficient (Wildman–Crippen LogP) is 4.31. The molecule has 0 saturated carbocycles. The van der Waals surface area contributed by atoms with E-state index < -0.39 is 0 Å². The number of rotatable bonds is 9. The lowest BCUT2D eigenvalue weighted by Gasteiger charge is -2.22. The molecule has 0 fully saturated rings. The summed E-state index contributed by atoms with van der Waals surface area (Å²) < 4.78 is 0. The molecule has 0 aromatic heterocycles. The highest BCUT2D eigenvalue weighted by Gasteiger charge is 2.17. The highest BCUT2D eigenvalue weighted by molar-refractivity contribution is 5.92. The van der Waals surface area contributed by atoms with Gasteiger partial charge in [0.2, 0.25) is 0 Å². The van der Waals surface area contributed by atoms with Gasteiger partial charge in [-0.05, 0) is 45.4 Å². The molecule has 0 unspecified atom stereocenters. The van der Waals surface area contributed by atoms with Crippen LogP contribution < -0.4 is 5.32 Å². The first-order chi connectivity index (χ1) is 8.49. The molecule has 0 amide bonds. The van der Waals surface area contributed by atoms with Crippen LogP contribution in [0.4, 0.5) is 0 Å². The van der Waals surface area contributed by atoms with Gasteiger partial charge >= 0.3 is 0 Å². The third-order valence-corrected chi connectivity index (χ3v) is 3.57. The average Bonchev–Trinajstić information content (AvgIpc) is 2.31. The summed E-state index contributed by atoms with van der Waals surface area (Å²) in [6.45, 7) is 12.8. The SMILES string of the molecule is CCC(CC)C(=O)C=C(NC(C)C)C(CC)CC. The minimum Gasteiger partial charge on any atom is -0.386 e. The largest absolute Gasteiger partial charge is 0.386 e. The lowest BCUT2D eigenvalue weighted by molar-refractivity contribution is -0.118. The first-order valence-electron chi connectivity index (χ1n) is 7.51. The van der Waals surface area contributed by atoms with Gasteiger partial charge in [-0.1, -0.05) is 27.7 Å². The Balaban J connectivity index is 4.98. The van der Waals surface area contributed by atoms with Gasteiger partial charge in [-0.2, -0.15) is 0 Å². The van der Waals surface area contributed by atoms with Crippen LogP contribution in [0.5, 0.6) is 0 Å². The fraction of sp³-hybridized carbons (Fsp3) is 0.812. The zero-order chi connectivity index (χ0) is 14.1. The molecule has 0 atom stereocenters. The normalized spacial score (nSPS) is 12.6. The molecule has 1 N–H and O–H groups in total. The van der Waals surface area contributed by atoms with E-state index in [0.29, 0.717) is 12.0 Å². The second-order valence-corrected chi connectivity index (χ2v) is 5.33. The molecule has 0 radical (unpaired) electrons. The number of ketones is 1. The fourth-order valence-corrected chi connectivity index (χ4v) is 2.30. The van der Waals surface area contributed by atoms with Gasteiger partial charge in [0.05, 0.1) is 0 Å². The lowest BCUT2D eigenvalue weighted by Crippen LogP contribution is -2.28. The summed E-state index contributed by atoms with van der Waals surface area (Å²) in [5.41, 5.74) is 1.13. The Morgan fingerprint density at radius 2 is 1.39 bits per heavy atom. The summed E-state index contributed by atoms with van der Waals surface area (Å²) >= 11 is 0. The van der Waals surface area contributed by atoms with Crippen molar-refractivity contribution in [3.63, 3.8) is 0 Å². The van der Waals surface area contributed by atoms with Gasteiger partial charge in [0, 0.05) is 23.7 Å². The van der Waals surface area contributed by atoms with Gasteiger partial charge in [-0.25, -0.2) is 0 Å². The Bertz CT molecular complexity index is 260. The molecule has 0 spiro atoms. The molecule has 106 valence electrons. The molecule has 0 saturated heterocycles. The van der Waals surface area contributed by atoms with Gasteiger partial charge < -0.3 is 5.32 Å². The quantitative estimate of drug-likeness (QED) is 0.620. The molecule has 0 rings (SSSR count). The van der Waals surface area contributed by atoms with Crippen LogP contribution in [0.15, 0.2) is 11.8 Å². The zero-order valence-corrected chi connectivity index (χ0v) is 13.0. The third-order valence-electron chi connectivity index (χ3n) is 3.57. The van der Waals surface area contributed by atoms with Gasteiger partial charge in [0.15, 0.2) is 5.78 Å². The van der Waals surface area contributed by atoms with Gasteiger partial charge in [0.25, 0.3) is 0 Å².